The molecule has 2 N–H and O–H groups in total. The van der Waals surface area contributed by atoms with Crippen molar-refractivity contribution in [1.82, 2.24) is 5.32 Å². The fourth-order valence-corrected chi connectivity index (χ4v) is 4.02. The number of hydrogen-bond donors (Lipinski definition) is 2. The van der Waals surface area contributed by atoms with Gasteiger partial charge in [0, 0.05) is 10.9 Å². The number of carboxylic acid groups (broad SMARTS) is 1. The number of amides is 1. The van der Waals surface area contributed by atoms with Crippen LogP contribution in [-0.2, 0) is 17.6 Å². The largest absolute Gasteiger partial charge is 0.481 e. The molecule has 4 nitrogen and oxygen atoms in total. The van der Waals surface area contributed by atoms with Crippen LogP contribution in [0.1, 0.15) is 52.2 Å². The van der Waals surface area contributed by atoms with E-state index in [2.05, 4.69) is 5.32 Å². The minimum absolute atomic E-state index is 0.0293. The Hall–Kier alpha value is -1.36. The summed E-state index contributed by atoms with van der Waals surface area (Å²) in [5.41, 5.74) is 1.31. The Labute approximate surface area is 122 Å². The van der Waals surface area contributed by atoms with Gasteiger partial charge in [-0.3, -0.25) is 9.59 Å². The lowest BCUT2D eigenvalue weighted by Gasteiger charge is -2.15. The summed E-state index contributed by atoms with van der Waals surface area (Å²) in [7, 11) is 0. The summed E-state index contributed by atoms with van der Waals surface area (Å²) in [6.45, 7) is 0. The van der Waals surface area contributed by atoms with E-state index in [1.54, 1.807) is 11.3 Å². The van der Waals surface area contributed by atoms with Crippen molar-refractivity contribution in [1.29, 1.82) is 0 Å². The third kappa shape index (κ3) is 3.03. The number of carbonyl (C=O) groups is 2. The van der Waals surface area contributed by atoms with Crippen LogP contribution in [0.4, 0.5) is 0 Å². The van der Waals surface area contributed by atoms with Gasteiger partial charge in [0.05, 0.1) is 11.3 Å². The normalized spacial score (nSPS) is 19.2. The highest BCUT2D eigenvalue weighted by atomic mass is 32.1. The number of carboxylic acids is 1. The fourth-order valence-electron chi connectivity index (χ4n) is 2.86. The SMILES string of the molecule is O=C(O)CC(NC(=O)c1cc2c(s1)CCCC2)C1CC1. The van der Waals surface area contributed by atoms with E-state index in [1.165, 1.54) is 23.3 Å². The second-order valence-electron chi connectivity index (χ2n) is 5.78. The van der Waals surface area contributed by atoms with E-state index in [4.69, 9.17) is 5.11 Å². The van der Waals surface area contributed by atoms with Crippen molar-refractivity contribution in [2.75, 3.05) is 0 Å². The second kappa shape index (κ2) is 5.56. The summed E-state index contributed by atoms with van der Waals surface area (Å²) in [4.78, 5) is 25.2. The summed E-state index contributed by atoms with van der Waals surface area (Å²) < 4.78 is 0. The summed E-state index contributed by atoms with van der Waals surface area (Å²) >= 11 is 1.58. The van der Waals surface area contributed by atoms with Crippen molar-refractivity contribution in [2.24, 2.45) is 5.92 Å². The van der Waals surface area contributed by atoms with Gasteiger partial charge in [0.25, 0.3) is 5.91 Å². The maximum Gasteiger partial charge on any atom is 0.305 e. The topological polar surface area (TPSA) is 66.4 Å². The first kappa shape index (κ1) is 13.6. The van der Waals surface area contributed by atoms with Gasteiger partial charge in [0.2, 0.25) is 0 Å². The highest BCUT2D eigenvalue weighted by molar-refractivity contribution is 7.14. The highest BCUT2D eigenvalue weighted by Gasteiger charge is 2.34. The molecule has 5 heteroatoms. The van der Waals surface area contributed by atoms with Crippen LogP contribution < -0.4 is 5.32 Å². The minimum atomic E-state index is -0.840. The van der Waals surface area contributed by atoms with E-state index >= 15 is 0 Å². The monoisotopic (exact) mass is 293 g/mol. The van der Waals surface area contributed by atoms with E-state index in [1.807, 2.05) is 6.07 Å². The Bertz CT molecular complexity index is 510. The molecule has 2 aliphatic carbocycles. The molecule has 2 aliphatic rings. The number of hydrogen-bond acceptors (Lipinski definition) is 3. The van der Waals surface area contributed by atoms with E-state index in [-0.39, 0.29) is 18.4 Å². The number of aliphatic carboxylic acids is 1. The molecule has 1 atom stereocenters. The Morgan fingerprint density at radius 2 is 2.10 bits per heavy atom. The third-order valence-corrected chi connectivity index (χ3v) is 5.36. The van der Waals surface area contributed by atoms with Gasteiger partial charge in [-0.05, 0) is 56.1 Å². The van der Waals surface area contributed by atoms with Crippen molar-refractivity contribution in [3.05, 3.63) is 21.4 Å². The van der Waals surface area contributed by atoms with E-state index < -0.39 is 5.97 Å². The predicted octanol–water partition coefficient (Wildman–Crippen LogP) is 2.61. The Morgan fingerprint density at radius 3 is 2.75 bits per heavy atom. The minimum Gasteiger partial charge on any atom is -0.481 e. The zero-order chi connectivity index (χ0) is 14.1. The number of carbonyl (C=O) groups excluding carboxylic acids is 1. The van der Waals surface area contributed by atoms with Crippen LogP contribution in [0.3, 0.4) is 0 Å². The molecule has 0 aromatic carbocycles. The molecule has 1 heterocycles. The van der Waals surface area contributed by atoms with Crippen molar-refractivity contribution in [3.63, 3.8) is 0 Å². The molecule has 0 bridgehead atoms. The van der Waals surface area contributed by atoms with Gasteiger partial charge in [-0.25, -0.2) is 0 Å². The van der Waals surface area contributed by atoms with Gasteiger partial charge in [0.15, 0.2) is 0 Å². The van der Waals surface area contributed by atoms with Crippen LogP contribution in [0.15, 0.2) is 6.07 Å². The van der Waals surface area contributed by atoms with Crippen LogP contribution in [0.2, 0.25) is 0 Å². The Kier molecular flexibility index (Phi) is 3.78. The number of thiophene rings is 1. The molecular weight excluding hydrogens is 274 g/mol. The molecule has 20 heavy (non-hydrogen) atoms. The molecule has 0 aliphatic heterocycles. The lowest BCUT2D eigenvalue weighted by atomic mass is 9.99. The number of rotatable bonds is 5. The fraction of sp³-hybridized carbons (Fsp3) is 0.600. The number of aryl methyl sites for hydroxylation is 2. The van der Waals surface area contributed by atoms with E-state index in [0.717, 1.165) is 30.6 Å². The van der Waals surface area contributed by atoms with Gasteiger partial charge in [-0.15, -0.1) is 11.3 Å². The lowest BCUT2D eigenvalue weighted by Crippen LogP contribution is -2.37. The summed E-state index contributed by atoms with van der Waals surface area (Å²) in [5.74, 6) is -0.583. The molecule has 1 unspecified atom stereocenters. The zero-order valence-electron chi connectivity index (χ0n) is 11.4. The molecule has 1 aromatic heterocycles. The van der Waals surface area contributed by atoms with Crippen molar-refractivity contribution in [3.8, 4) is 0 Å². The van der Waals surface area contributed by atoms with Gasteiger partial charge in [-0.1, -0.05) is 0 Å². The molecule has 1 saturated carbocycles. The summed E-state index contributed by atoms with van der Waals surface area (Å²) in [6, 6.07) is 1.79. The first-order valence-corrected chi connectivity index (χ1v) is 8.09. The maximum absolute atomic E-state index is 12.3. The Balaban J connectivity index is 1.68. The van der Waals surface area contributed by atoms with Gasteiger partial charge in [-0.2, -0.15) is 0 Å². The summed E-state index contributed by atoms with van der Waals surface area (Å²) in [6.07, 6.45) is 6.64. The standard InChI is InChI=1S/C15H19NO3S/c17-14(18)8-11(9-5-6-9)16-15(19)13-7-10-3-1-2-4-12(10)20-13/h7,9,11H,1-6,8H2,(H,16,19)(H,17,18). The van der Waals surface area contributed by atoms with Crippen LogP contribution in [0, 0.1) is 5.92 Å². The number of nitrogens with one attached hydrogen (secondary N) is 1. The number of fused-ring (bicyclic) bond motifs is 1. The predicted molar refractivity (Wildman–Crippen MR) is 77.2 cm³/mol. The molecule has 1 fully saturated rings. The quantitative estimate of drug-likeness (QED) is 0.877. The summed E-state index contributed by atoms with van der Waals surface area (Å²) in [5, 5.41) is 11.9. The van der Waals surface area contributed by atoms with Crippen LogP contribution in [0.5, 0.6) is 0 Å². The maximum atomic E-state index is 12.3. The van der Waals surface area contributed by atoms with Crippen molar-refractivity contribution >= 4 is 23.2 Å². The molecule has 1 amide bonds. The first-order valence-electron chi connectivity index (χ1n) is 7.27. The first-order chi connectivity index (χ1) is 9.63. The average molecular weight is 293 g/mol. The smallest absolute Gasteiger partial charge is 0.305 e. The van der Waals surface area contributed by atoms with Crippen LogP contribution in [0.25, 0.3) is 0 Å². The van der Waals surface area contributed by atoms with Crippen LogP contribution in [-0.4, -0.2) is 23.0 Å². The molecule has 108 valence electrons. The lowest BCUT2D eigenvalue weighted by molar-refractivity contribution is -0.137. The molecule has 1 aromatic rings. The zero-order valence-corrected chi connectivity index (χ0v) is 12.2. The van der Waals surface area contributed by atoms with Gasteiger partial charge in [0.1, 0.15) is 0 Å². The van der Waals surface area contributed by atoms with Gasteiger partial charge < -0.3 is 10.4 Å². The van der Waals surface area contributed by atoms with Crippen molar-refractivity contribution < 1.29 is 14.7 Å². The van der Waals surface area contributed by atoms with Crippen molar-refractivity contribution in [2.45, 2.75) is 51.0 Å². The highest BCUT2D eigenvalue weighted by Crippen LogP contribution is 2.35. The molecule has 0 spiro atoms. The van der Waals surface area contributed by atoms with Gasteiger partial charge >= 0.3 is 5.97 Å². The molecule has 3 rings (SSSR count). The third-order valence-electron chi connectivity index (χ3n) is 4.12. The van der Waals surface area contributed by atoms with E-state index in [0.29, 0.717) is 5.92 Å². The van der Waals surface area contributed by atoms with E-state index in [9.17, 15) is 9.59 Å². The molecule has 0 radical (unpaired) electrons. The average Bonchev–Trinajstić information content (AvgIpc) is 3.16. The second-order valence-corrected chi connectivity index (χ2v) is 6.92. The Morgan fingerprint density at radius 1 is 1.35 bits per heavy atom. The van der Waals surface area contributed by atoms with Crippen LogP contribution >= 0.6 is 11.3 Å². The molecular formula is C15H19NO3S. The molecule has 0 saturated heterocycles.